The quantitative estimate of drug-likeness (QED) is 0.367. The van der Waals surface area contributed by atoms with Crippen LogP contribution in [0.4, 0.5) is 0 Å². The Kier molecular flexibility index (Phi) is 10.7. The minimum absolute atomic E-state index is 0.00641. The molecule has 0 heterocycles. The molecular weight excluding hydrogens is 210 g/mol. The second-order valence-electron chi connectivity index (χ2n) is 4.61. The van der Waals surface area contributed by atoms with E-state index in [0.717, 1.165) is 12.8 Å². The number of nitrogens with one attached hydrogen (secondary N) is 1. The van der Waals surface area contributed by atoms with E-state index in [1.54, 1.807) is 6.08 Å². The topological polar surface area (TPSA) is 29.1 Å². The zero-order chi connectivity index (χ0) is 12.9. The first-order valence-corrected chi connectivity index (χ1v) is 6.78. The van der Waals surface area contributed by atoms with Crippen LogP contribution in [0, 0.1) is 0 Å². The van der Waals surface area contributed by atoms with Gasteiger partial charge in [0.2, 0.25) is 5.91 Å². The SMILES string of the molecule is CCCCC/C=C/CC/C=C/C(=O)NC(C)C. The van der Waals surface area contributed by atoms with Crippen molar-refractivity contribution in [3.63, 3.8) is 0 Å². The highest BCUT2D eigenvalue weighted by molar-refractivity contribution is 5.87. The first-order valence-electron chi connectivity index (χ1n) is 6.78. The van der Waals surface area contributed by atoms with Crippen molar-refractivity contribution < 1.29 is 4.79 Å². The highest BCUT2D eigenvalue weighted by atomic mass is 16.1. The van der Waals surface area contributed by atoms with Crippen LogP contribution in [0.2, 0.25) is 0 Å². The number of rotatable bonds is 9. The second kappa shape index (κ2) is 11.4. The molecule has 1 amide bonds. The number of carbonyl (C=O) groups is 1. The first-order chi connectivity index (χ1) is 8.16. The maximum Gasteiger partial charge on any atom is 0.243 e. The van der Waals surface area contributed by atoms with Crippen LogP contribution >= 0.6 is 0 Å². The van der Waals surface area contributed by atoms with E-state index >= 15 is 0 Å². The molecule has 0 aromatic rings. The van der Waals surface area contributed by atoms with E-state index in [4.69, 9.17) is 0 Å². The molecule has 0 saturated heterocycles. The third-order valence-electron chi connectivity index (χ3n) is 2.34. The molecule has 0 radical (unpaired) electrons. The van der Waals surface area contributed by atoms with Crippen molar-refractivity contribution in [2.24, 2.45) is 0 Å². The molecule has 2 nitrogen and oxygen atoms in total. The second-order valence-corrected chi connectivity index (χ2v) is 4.61. The van der Waals surface area contributed by atoms with Crippen molar-refractivity contribution in [2.75, 3.05) is 0 Å². The van der Waals surface area contributed by atoms with Crippen LogP contribution in [0.1, 0.15) is 59.3 Å². The zero-order valence-corrected chi connectivity index (χ0v) is 11.5. The molecule has 0 aromatic heterocycles. The third kappa shape index (κ3) is 12.9. The van der Waals surface area contributed by atoms with Gasteiger partial charge in [-0.15, -0.1) is 0 Å². The van der Waals surface area contributed by atoms with Gasteiger partial charge in [0.25, 0.3) is 0 Å². The largest absolute Gasteiger partial charge is 0.350 e. The molecule has 2 heteroatoms. The van der Waals surface area contributed by atoms with E-state index in [0.29, 0.717) is 0 Å². The normalized spacial score (nSPS) is 11.8. The molecule has 1 N–H and O–H groups in total. The fourth-order valence-electron chi connectivity index (χ4n) is 1.46. The summed E-state index contributed by atoms with van der Waals surface area (Å²) in [6.45, 7) is 6.15. The third-order valence-corrected chi connectivity index (χ3v) is 2.34. The zero-order valence-electron chi connectivity index (χ0n) is 11.5. The fourth-order valence-corrected chi connectivity index (χ4v) is 1.46. The molecule has 17 heavy (non-hydrogen) atoms. The number of amides is 1. The summed E-state index contributed by atoms with van der Waals surface area (Å²) < 4.78 is 0. The van der Waals surface area contributed by atoms with E-state index < -0.39 is 0 Å². The Balaban J connectivity index is 3.43. The number of hydrogen-bond donors (Lipinski definition) is 1. The molecule has 0 aliphatic heterocycles. The van der Waals surface area contributed by atoms with E-state index in [1.807, 2.05) is 19.9 Å². The van der Waals surface area contributed by atoms with E-state index in [2.05, 4.69) is 24.4 Å². The van der Waals surface area contributed by atoms with Gasteiger partial charge in [-0.3, -0.25) is 4.79 Å². The Bertz CT molecular complexity index is 241. The smallest absolute Gasteiger partial charge is 0.243 e. The molecule has 0 aliphatic rings. The van der Waals surface area contributed by atoms with Gasteiger partial charge in [-0.1, -0.05) is 38.0 Å². The summed E-state index contributed by atoms with van der Waals surface area (Å²) in [6.07, 6.45) is 15.1. The predicted octanol–water partition coefficient (Wildman–Crippen LogP) is 3.98. The molecule has 98 valence electrons. The van der Waals surface area contributed by atoms with Gasteiger partial charge < -0.3 is 5.32 Å². The van der Waals surface area contributed by atoms with Crippen LogP contribution in [0.5, 0.6) is 0 Å². The van der Waals surface area contributed by atoms with Crippen molar-refractivity contribution in [3.05, 3.63) is 24.3 Å². The molecule has 0 bridgehead atoms. The Morgan fingerprint density at radius 1 is 1.06 bits per heavy atom. The first kappa shape index (κ1) is 16.0. The minimum Gasteiger partial charge on any atom is -0.350 e. The molecule has 0 aliphatic carbocycles. The van der Waals surface area contributed by atoms with Gasteiger partial charge >= 0.3 is 0 Å². The van der Waals surface area contributed by atoms with E-state index in [1.165, 1.54) is 25.7 Å². The van der Waals surface area contributed by atoms with Crippen LogP contribution < -0.4 is 5.32 Å². The Morgan fingerprint density at radius 3 is 2.35 bits per heavy atom. The van der Waals surface area contributed by atoms with Gasteiger partial charge in [-0.25, -0.2) is 0 Å². The number of allylic oxidation sites excluding steroid dienone is 3. The standard InChI is InChI=1S/C15H27NO/c1-4-5-6-7-8-9-10-11-12-13-15(17)16-14(2)3/h8-9,12-14H,4-7,10-11H2,1-3H3,(H,16,17)/b9-8+,13-12+. The van der Waals surface area contributed by atoms with Crippen molar-refractivity contribution in [1.82, 2.24) is 5.32 Å². The average Bonchev–Trinajstić information content (AvgIpc) is 2.26. The summed E-state index contributed by atoms with van der Waals surface area (Å²) >= 11 is 0. The number of carbonyl (C=O) groups excluding carboxylic acids is 1. The molecule has 0 aromatic carbocycles. The van der Waals surface area contributed by atoms with Crippen molar-refractivity contribution in [1.29, 1.82) is 0 Å². The van der Waals surface area contributed by atoms with Gasteiger partial charge in [-0.05, 0) is 45.6 Å². The molecule has 0 atom stereocenters. The van der Waals surface area contributed by atoms with Crippen LogP contribution in [0.3, 0.4) is 0 Å². The Hall–Kier alpha value is -1.05. The summed E-state index contributed by atoms with van der Waals surface area (Å²) in [5, 5.41) is 2.82. The predicted molar refractivity (Wildman–Crippen MR) is 74.9 cm³/mol. The molecule has 0 rings (SSSR count). The lowest BCUT2D eigenvalue weighted by Gasteiger charge is -2.03. The number of unbranched alkanes of at least 4 members (excludes halogenated alkanes) is 4. The Labute approximate surface area is 106 Å². The average molecular weight is 237 g/mol. The monoisotopic (exact) mass is 237 g/mol. The molecular formula is C15H27NO. The van der Waals surface area contributed by atoms with Crippen molar-refractivity contribution in [2.45, 2.75) is 65.3 Å². The highest BCUT2D eigenvalue weighted by Crippen LogP contribution is 2.01. The van der Waals surface area contributed by atoms with Crippen LogP contribution in [-0.4, -0.2) is 11.9 Å². The van der Waals surface area contributed by atoms with Crippen LogP contribution in [0.25, 0.3) is 0 Å². The summed E-state index contributed by atoms with van der Waals surface area (Å²) in [6, 6.07) is 0.214. The summed E-state index contributed by atoms with van der Waals surface area (Å²) in [5.74, 6) is 0.00641. The number of hydrogen-bond acceptors (Lipinski definition) is 1. The molecule has 0 fully saturated rings. The van der Waals surface area contributed by atoms with E-state index in [-0.39, 0.29) is 11.9 Å². The van der Waals surface area contributed by atoms with Crippen molar-refractivity contribution >= 4 is 5.91 Å². The molecule has 0 saturated carbocycles. The van der Waals surface area contributed by atoms with E-state index in [9.17, 15) is 4.79 Å². The summed E-state index contributed by atoms with van der Waals surface area (Å²) in [4.78, 5) is 11.2. The molecule has 0 unspecified atom stereocenters. The minimum atomic E-state index is 0.00641. The van der Waals surface area contributed by atoms with Gasteiger partial charge in [0, 0.05) is 6.04 Å². The summed E-state index contributed by atoms with van der Waals surface area (Å²) in [7, 11) is 0. The highest BCUT2D eigenvalue weighted by Gasteiger charge is 1.95. The maximum atomic E-state index is 11.2. The molecule has 0 spiro atoms. The van der Waals surface area contributed by atoms with Crippen LogP contribution in [-0.2, 0) is 4.79 Å². The van der Waals surface area contributed by atoms with Crippen LogP contribution in [0.15, 0.2) is 24.3 Å². The van der Waals surface area contributed by atoms with Gasteiger partial charge in [0.1, 0.15) is 0 Å². The lowest BCUT2D eigenvalue weighted by molar-refractivity contribution is -0.116. The Morgan fingerprint density at radius 2 is 1.71 bits per heavy atom. The van der Waals surface area contributed by atoms with Gasteiger partial charge in [-0.2, -0.15) is 0 Å². The maximum absolute atomic E-state index is 11.2. The fraction of sp³-hybridized carbons (Fsp3) is 0.667. The van der Waals surface area contributed by atoms with Gasteiger partial charge in [0.15, 0.2) is 0 Å². The summed E-state index contributed by atoms with van der Waals surface area (Å²) in [5.41, 5.74) is 0. The van der Waals surface area contributed by atoms with Crippen molar-refractivity contribution in [3.8, 4) is 0 Å². The lowest BCUT2D eigenvalue weighted by Crippen LogP contribution is -2.28. The van der Waals surface area contributed by atoms with Gasteiger partial charge in [0.05, 0.1) is 0 Å². The lowest BCUT2D eigenvalue weighted by atomic mass is 10.2.